The molecule has 27 heavy (non-hydrogen) atoms. The quantitative estimate of drug-likeness (QED) is 0.361. The number of aryl methyl sites for hydroxylation is 2. The number of nitro benzene ring substituents is 1. The van der Waals surface area contributed by atoms with Gasteiger partial charge in [-0.15, -0.1) is 0 Å². The predicted octanol–water partition coefficient (Wildman–Crippen LogP) is 2.85. The van der Waals surface area contributed by atoms with E-state index in [9.17, 15) is 19.7 Å². The van der Waals surface area contributed by atoms with Crippen LogP contribution in [0.2, 0.25) is 0 Å². The molecule has 2 aromatic carbocycles. The van der Waals surface area contributed by atoms with Crippen molar-refractivity contribution in [3.63, 3.8) is 0 Å². The van der Waals surface area contributed by atoms with Gasteiger partial charge in [0.25, 0.3) is 11.6 Å². The molecule has 0 saturated carbocycles. The van der Waals surface area contributed by atoms with Crippen molar-refractivity contribution in [3.05, 3.63) is 63.2 Å². The van der Waals surface area contributed by atoms with E-state index in [2.05, 4.69) is 5.32 Å². The predicted molar refractivity (Wildman–Crippen MR) is 99.5 cm³/mol. The molecule has 0 radical (unpaired) electrons. The number of hydrogen-bond acceptors (Lipinski definition) is 6. The number of carbonyl (C=O) groups excluding carboxylic acids is 2. The third kappa shape index (κ3) is 4.05. The van der Waals surface area contributed by atoms with Crippen LogP contribution in [0, 0.1) is 10.1 Å². The first-order chi connectivity index (χ1) is 12.8. The van der Waals surface area contributed by atoms with Crippen molar-refractivity contribution in [1.29, 1.82) is 0 Å². The molecule has 2 aromatic rings. The SMILES string of the molecule is C[C@@H](OC(=O)c1ccc([N+](=O)[O-])cc1N)C(=O)Nc1ccc2c(c1)CCC2. The lowest BCUT2D eigenvalue weighted by atomic mass is 10.1. The normalized spacial score (nSPS) is 13.5. The minimum atomic E-state index is -1.06. The molecule has 0 aromatic heterocycles. The Kier molecular flexibility index (Phi) is 5.07. The second-order valence-electron chi connectivity index (χ2n) is 6.40. The number of nitrogens with zero attached hydrogens (tertiary/aromatic N) is 1. The first kappa shape index (κ1) is 18.4. The third-order valence-corrected chi connectivity index (χ3v) is 4.48. The van der Waals surface area contributed by atoms with Crippen LogP contribution in [0.5, 0.6) is 0 Å². The summed E-state index contributed by atoms with van der Waals surface area (Å²) in [5.41, 5.74) is 8.50. The number of rotatable bonds is 5. The maximum atomic E-state index is 12.3. The molecule has 1 aliphatic carbocycles. The molecular formula is C19H19N3O5. The van der Waals surface area contributed by atoms with E-state index in [-0.39, 0.29) is 16.9 Å². The molecule has 0 heterocycles. The van der Waals surface area contributed by atoms with Gasteiger partial charge in [-0.1, -0.05) is 6.07 Å². The summed E-state index contributed by atoms with van der Waals surface area (Å²) >= 11 is 0. The zero-order valence-electron chi connectivity index (χ0n) is 14.7. The Bertz CT molecular complexity index is 926. The maximum Gasteiger partial charge on any atom is 0.341 e. The van der Waals surface area contributed by atoms with E-state index in [0.29, 0.717) is 5.69 Å². The standard InChI is InChI=1S/C19H19N3O5/c1-11(18(23)21-14-6-5-12-3-2-4-13(12)9-14)27-19(24)16-8-7-15(22(25)26)10-17(16)20/h5-11H,2-4,20H2,1H3,(H,21,23)/t11-/m1/s1. The first-order valence-electron chi connectivity index (χ1n) is 8.52. The Morgan fingerprint density at radius 2 is 1.93 bits per heavy atom. The van der Waals surface area contributed by atoms with Crippen molar-refractivity contribution in [2.75, 3.05) is 11.1 Å². The van der Waals surface area contributed by atoms with Gasteiger partial charge in [0.05, 0.1) is 16.2 Å². The summed E-state index contributed by atoms with van der Waals surface area (Å²) in [5, 5.41) is 13.5. The van der Waals surface area contributed by atoms with Gasteiger partial charge in [0.15, 0.2) is 6.10 Å². The minimum absolute atomic E-state index is 0.0298. The molecule has 1 aliphatic rings. The minimum Gasteiger partial charge on any atom is -0.449 e. The Balaban J connectivity index is 1.64. The number of non-ortho nitro benzene ring substituents is 1. The van der Waals surface area contributed by atoms with Gasteiger partial charge in [0.2, 0.25) is 0 Å². The summed E-state index contributed by atoms with van der Waals surface area (Å²) < 4.78 is 5.14. The van der Waals surface area contributed by atoms with Gasteiger partial charge in [0.1, 0.15) is 0 Å². The van der Waals surface area contributed by atoms with Gasteiger partial charge in [-0.2, -0.15) is 0 Å². The van der Waals surface area contributed by atoms with Crippen LogP contribution in [0.1, 0.15) is 34.8 Å². The van der Waals surface area contributed by atoms with E-state index < -0.39 is 22.9 Å². The Labute approximate surface area is 155 Å². The molecule has 0 unspecified atom stereocenters. The largest absolute Gasteiger partial charge is 0.449 e. The van der Waals surface area contributed by atoms with Crippen molar-refractivity contribution in [2.24, 2.45) is 0 Å². The fourth-order valence-electron chi connectivity index (χ4n) is 3.02. The van der Waals surface area contributed by atoms with Crippen LogP contribution >= 0.6 is 0 Å². The number of nitrogens with one attached hydrogen (secondary N) is 1. The summed E-state index contributed by atoms with van der Waals surface area (Å²) in [7, 11) is 0. The maximum absolute atomic E-state index is 12.3. The first-order valence-corrected chi connectivity index (χ1v) is 8.52. The van der Waals surface area contributed by atoms with E-state index in [4.69, 9.17) is 10.5 Å². The highest BCUT2D eigenvalue weighted by Gasteiger charge is 2.22. The van der Waals surface area contributed by atoms with Crippen LogP contribution in [-0.2, 0) is 22.4 Å². The second kappa shape index (κ2) is 7.45. The third-order valence-electron chi connectivity index (χ3n) is 4.48. The highest BCUT2D eigenvalue weighted by atomic mass is 16.6. The average molecular weight is 369 g/mol. The number of nitrogens with two attached hydrogens (primary N) is 1. The molecule has 0 aliphatic heterocycles. The van der Waals surface area contributed by atoms with Gasteiger partial charge in [-0.3, -0.25) is 14.9 Å². The van der Waals surface area contributed by atoms with Gasteiger partial charge in [-0.05, 0) is 55.5 Å². The number of hydrogen-bond donors (Lipinski definition) is 2. The molecular weight excluding hydrogens is 350 g/mol. The fourth-order valence-corrected chi connectivity index (χ4v) is 3.02. The lowest BCUT2D eigenvalue weighted by Crippen LogP contribution is -2.30. The van der Waals surface area contributed by atoms with E-state index in [1.807, 2.05) is 18.2 Å². The molecule has 0 bridgehead atoms. The number of esters is 1. The summed E-state index contributed by atoms with van der Waals surface area (Å²) in [5.74, 6) is -1.29. The molecule has 140 valence electrons. The van der Waals surface area contributed by atoms with E-state index in [0.717, 1.165) is 31.4 Å². The van der Waals surface area contributed by atoms with Gasteiger partial charge in [0, 0.05) is 17.8 Å². The van der Waals surface area contributed by atoms with Crippen LogP contribution in [-0.4, -0.2) is 22.9 Å². The zero-order chi connectivity index (χ0) is 19.6. The van der Waals surface area contributed by atoms with Gasteiger partial charge >= 0.3 is 5.97 Å². The molecule has 8 nitrogen and oxygen atoms in total. The van der Waals surface area contributed by atoms with Crippen molar-refractivity contribution < 1.29 is 19.2 Å². The number of benzene rings is 2. The number of nitrogen functional groups attached to an aromatic ring is 1. The molecule has 0 fully saturated rings. The smallest absolute Gasteiger partial charge is 0.341 e. The number of nitro groups is 1. The highest BCUT2D eigenvalue weighted by Crippen LogP contribution is 2.25. The summed E-state index contributed by atoms with van der Waals surface area (Å²) in [6.07, 6.45) is 2.09. The van der Waals surface area contributed by atoms with Crippen molar-refractivity contribution in [3.8, 4) is 0 Å². The van der Waals surface area contributed by atoms with Crippen LogP contribution in [0.15, 0.2) is 36.4 Å². The molecule has 0 spiro atoms. The molecule has 1 atom stereocenters. The number of ether oxygens (including phenoxy) is 1. The van der Waals surface area contributed by atoms with Crippen molar-refractivity contribution in [1.82, 2.24) is 0 Å². The van der Waals surface area contributed by atoms with Gasteiger partial charge in [-0.25, -0.2) is 4.79 Å². The Hall–Kier alpha value is -3.42. The molecule has 1 amide bonds. The molecule has 0 saturated heterocycles. The Morgan fingerprint density at radius 3 is 2.63 bits per heavy atom. The monoisotopic (exact) mass is 369 g/mol. The zero-order valence-corrected chi connectivity index (χ0v) is 14.7. The van der Waals surface area contributed by atoms with E-state index >= 15 is 0 Å². The number of anilines is 2. The Morgan fingerprint density at radius 1 is 1.19 bits per heavy atom. The highest BCUT2D eigenvalue weighted by molar-refractivity contribution is 5.99. The summed E-state index contributed by atoms with van der Waals surface area (Å²) in [6.45, 7) is 1.45. The number of carbonyl (C=O) groups is 2. The lowest BCUT2D eigenvalue weighted by molar-refractivity contribution is -0.384. The second-order valence-corrected chi connectivity index (χ2v) is 6.40. The van der Waals surface area contributed by atoms with Crippen LogP contribution in [0.3, 0.4) is 0 Å². The van der Waals surface area contributed by atoms with Crippen LogP contribution in [0.25, 0.3) is 0 Å². The summed E-state index contributed by atoms with van der Waals surface area (Å²) in [4.78, 5) is 34.6. The van der Waals surface area contributed by atoms with Crippen molar-refractivity contribution in [2.45, 2.75) is 32.3 Å². The van der Waals surface area contributed by atoms with Crippen LogP contribution in [0.4, 0.5) is 17.1 Å². The molecule has 8 heteroatoms. The number of amides is 1. The number of fused-ring (bicyclic) bond motifs is 1. The summed E-state index contributed by atoms with van der Waals surface area (Å²) in [6, 6.07) is 9.19. The average Bonchev–Trinajstić information content (AvgIpc) is 3.09. The molecule has 3 rings (SSSR count). The van der Waals surface area contributed by atoms with E-state index in [1.54, 1.807) is 0 Å². The van der Waals surface area contributed by atoms with Gasteiger partial charge < -0.3 is 15.8 Å². The lowest BCUT2D eigenvalue weighted by Gasteiger charge is -2.15. The van der Waals surface area contributed by atoms with Crippen molar-refractivity contribution >= 4 is 28.9 Å². The van der Waals surface area contributed by atoms with E-state index in [1.165, 1.54) is 24.1 Å². The topological polar surface area (TPSA) is 125 Å². The molecule has 3 N–H and O–H groups in total. The fraction of sp³-hybridized carbons (Fsp3) is 0.263. The van der Waals surface area contributed by atoms with Crippen LogP contribution < -0.4 is 11.1 Å².